The average molecular weight is 484 g/mol. The Hall–Kier alpha value is -2.97. The van der Waals surface area contributed by atoms with E-state index in [0.29, 0.717) is 23.4 Å². The van der Waals surface area contributed by atoms with Gasteiger partial charge in [-0.25, -0.2) is 13.4 Å². The summed E-state index contributed by atoms with van der Waals surface area (Å²) in [7, 11) is -3.93. The van der Waals surface area contributed by atoms with Crippen molar-refractivity contribution in [3.8, 4) is 17.0 Å². The van der Waals surface area contributed by atoms with Crippen molar-refractivity contribution in [2.45, 2.75) is 57.8 Å². The van der Waals surface area contributed by atoms with Crippen LogP contribution in [0.4, 0.5) is 5.82 Å². The van der Waals surface area contributed by atoms with Crippen molar-refractivity contribution in [1.82, 2.24) is 9.97 Å². The first-order valence-electron chi connectivity index (χ1n) is 11.4. The average Bonchev–Trinajstić information content (AvgIpc) is 2.78. The number of aliphatic hydroxyl groups excluding tert-OH is 1. The summed E-state index contributed by atoms with van der Waals surface area (Å²) in [6.45, 7) is 10.0. The summed E-state index contributed by atoms with van der Waals surface area (Å²) < 4.78 is 35.1. The Bertz CT molecular complexity index is 1220. The lowest BCUT2D eigenvalue weighted by molar-refractivity contribution is 0.197. The van der Waals surface area contributed by atoms with E-state index < -0.39 is 10.0 Å². The number of sulfonamides is 1. The lowest BCUT2D eigenvalue weighted by atomic mass is 9.87. The molecule has 0 atom stereocenters. The lowest BCUT2D eigenvalue weighted by Crippen LogP contribution is -2.18. The first-order chi connectivity index (χ1) is 16.0. The molecule has 0 spiro atoms. The number of rotatable bonds is 9. The molecule has 0 bridgehead atoms. The van der Waals surface area contributed by atoms with Crippen molar-refractivity contribution in [2.24, 2.45) is 0 Å². The molecule has 1 aromatic heterocycles. The quantitative estimate of drug-likeness (QED) is 0.450. The highest BCUT2D eigenvalue weighted by atomic mass is 32.2. The van der Waals surface area contributed by atoms with Crippen LogP contribution < -0.4 is 9.46 Å². The summed E-state index contributed by atoms with van der Waals surface area (Å²) >= 11 is 0. The molecule has 0 aliphatic heterocycles. The molecule has 1 heterocycles. The predicted octanol–water partition coefficient (Wildman–Crippen LogP) is 4.87. The van der Waals surface area contributed by atoms with E-state index in [-0.39, 0.29) is 35.2 Å². The van der Waals surface area contributed by atoms with Gasteiger partial charge in [-0.2, -0.15) is 4.98 Å². The Kier molecular flexibility index (Phi) is 7.94. The van der Waals surface area contributed by atoms with Gasteiger partial charge in [0.15, 0.2) is 5.82 Å². The fourth-order valence-corrected chi connectivity index (χ4v) is 4.46. The number of nitrogens with zero attached hydrogens (tertiary/aromatic N) is 2. The third-order valence-corrected chi connectivity index (χ3v) is 6.68. The highest BCUT2D eigenvalue weighted by Gasteiger charge is 2.24. The summed E-state index contributed by atoms with van der Waals surface area (Å²) in [6.07, 6.45) is 1.34. The maximum atomic E-state index is 13.3. The molecule has 0 unspecified atom stereocenters. The third-order valence-electron chi connectivity index (χ3n) is 5.33. The second-order valence-corrected chi connectivity index (χ2v) is 10.9. The Balaban J connectivity index is 2.12. The highest BCUT2D eigenvalue weighted by molar-refractivity contribution is 7.92. The van der Waals surface area contributed by atoms with Gasteiger partial charge in [-0.3, -0.25) is 4.72 Å². The van der Waals surface area contributed by atoms with E-state index in [4.69, 9.17) is 4.74 Å². The predicted molar refractivity (Wildman–Crippen MR) is 135 cm³/mol. The topological polar surface area (TPSA) is 101 Å². The Morgan fingerprint density at radius 2 is 1.65 bits per heavy atom. The van der Waals surface area contributed by atoms with Crippen LogP contribution in [-0.2, 0) is 21.9 Å². The zero-order valence-electron chi connectivity index (χ0n) is 20.4. The van der Waals surface area contributed by atoms with E-state index in [1.807, 2.05) is 50.2 Å². The van der Waals surface area contributed by atoms with Gasteiger partial charge in [0.25, 0.3) is 10.0 Å². The van der Waals surface area contributed by atoms with Crippen LogP contribution in [0.25, 0.3) is 11.1 Å². The largest absolute Gasteiger partial charge is 0.475 e. The smallest absolute Gasteiger partial charge is 0.263 e. The van der Waals surface area contributed by atoms with Gasteiger partial charge in [-0.15, -0.1) is 0 Å². The molecular formula is C26H33N3O4S. The van der Waals surface area contributed by atoms with Gasteiger partial charge in [-0.05, 0) is 42.0 Å². The summed E-state index contributed by atoms with van der Waals surface area (Å²) in [5, 5.41) is 9.30. The van der Waals surface area contributed by atoms with Crippen LogP contribution >= 0.6 is 0 Å². The molecule has 3 aromatic rings. The number of aromatic nitrogens is 2. The van der Waals surface area contributed by atoms with Gasteiger partial charge in [0, 0.05) is 6.42 Å². The van der Waals surface area contributed by atoms with Gasteiger partial charge in [0.2, 0.25) is 5.88 Å². The van der Waals surface area contributed by atoms with Crippen molar-refractivity contribution in [3.63, 3.8) is 0 Å². The van der Waals surface area contributed by atoms with Gasteiger partial charge in [-0.1, -0.05) is 69.7 Å². The van der Waals surface area contributed by atoms with E-state index >= 15 is 0 Å². The zero-order chi connectivity index (χ0) is 24.9. The Morgan fingerprint density at radius 1 is 1.00 bits per heavy atom. The van der Waals surface area contributed by atoms with Crippen molar-refractivity contribution in [2.75, 3.05) is 17.9 Å². The molecule has 7 nitrogen and oxygen atoms in total. The molecule has 2 N–H and O–H groups in total. The second kappa shape index (κ2) is 10.5. The molecule has 0 radical (unpaired) electrons. The van der Waals surface area contributed by atoms with Gasteiger partial charge in [0.1, 0.15) is 12.4 Å². The molecule has 0 aliphatic rings. The maximum absolute atomic E-state index is 13.3. The number of aliphatic hydroxyl groups is 1. The zero-order valence-corrected chi connectivity index (χ0v) is 21.2. The number of aryl methyl sites for hydroxylation is 2. The monoisotopic (exact) mass is 483 g/mol. The fourth-order valence-electron chi connectivity index (χ4n) is 3.44. The highest BCUT2D eigenvalue weighted by Crippen LogP contribution is 2.36. The molecule has 0 saturated carbocycles. The SMILES string of the molecule is CCCc1nc(NS(=O)(=O)c2ccc(C(C)(C)C)cc2)c(-c2ccc(C)cc2)c(OCCO)n1. The molecular weight excluding hydrogens is 450 g/mol. The van der Waals surface area contributed by atoms with E-state index in [2.05, 4.69) is 35.5 Å². The van der Waals surface area contributed by atoms with Gasteiger partial charge < -0.3 is 9.84 Å². The molecule has 34 heavy (non-hydrogen) atoms. The van der Waals surface area contributed by atoms with Gasteiger partial charge in [0.05, 0.1) is 17.1 Å². The van der Waals surface area contributed by atoms with E-state index in [1.165, 1.54) is 0 Å². The van der Waals surface area contributed by atoms with Crippen molar-refractivity contribution in [3.05, 3.63) is 65.5 Å². The second-order valence-electron chi connectivity index (χ2n) is 9.24. The summed E-state index contributed by atoms with van der Waals surface area (Å²) in [6, 6.07) is 14.5. The third kappa shape index (κ3) is 6.12. The number of ether oxygens (including phenoxy) is 1. The van der Waals surface area contributed by atoms with Gasteiger partial charge >= 0.3 is 0 Å². The minimum Gasteiger partial charge on any atom is -0.475 e. The van der Waals surface area contributed by atoms with Crippen LogP contribution in [0.15, 0.2) is 53.4 Å². The van der Waals surface area contributed by atoms with Crippen molar-refractivity contribution in [1.29, 1.82) is 0 Å². The molecule has 0 amide bonds. The maximum Gasteiger partial charge on any atom is 0.263 e. The van der Waals surface area contributed by atoms with Crippen molar-refractivity contribution < 1.29 is 18.3 Å². The first kappa shape index (κ1) is 25.6. The summed E-state index contributed by atoms with van der Waals surface area (Å²) in [4.78, 5) is 9.22. The number of anilines is 1. The molecule has 3 rings (SSSR count). The minimum atomic E-state index is -3.93. The Morgan fingerprint density at radius 3 is 2.21 bits per heavy atom. The lowest BCUT2D eigenvalue weighted by Gasteiger charge is -2.20. The number of nitrogens with one attached hydrogen (secondary N) is 1. The van der Waals surface area contributed by atoms with Crippen LogP contribution in [0.2, 0.25) is 0 Å². The van der Waals surface area contributed by atoms with Crippen LogP contribution in [0.5, 0.6) is 5.88 Å². The van der Waals surface area contributed by atoms with Crippen LogP contribution in [0.3, 0.4) is 0 Å². The van der Waals surface area contributed by atoms with Crippen molar-refractivity contribution >= 4 is 15.8 Å². The summed E-state index contributed by atoms with van der Waals surface area (Å²) in [5.74, 6) is 0.847. The van der Waals surface area contributed by atoms with E-state index in [9.17, 15) is 13.5 Å². The van der Waals surface area contributed by atoms with Crippen LogP contribution in [-0.4, -0.2) is 36.7 Å². The number of hydrogen-bond acceptors (Lipinski definition) is 6. The van der Waals surface area contributed by atoms with Crippen LogP contribution in [0, 0.1) is 6.92 Å². The number of benzene rings is 2. The molecule has 182 valence electrons. The molecule has 0 fully saturated rings. The fraction of sp³-hybridized carbons (Fsp3) is 0.385. The molecule has 2 aromatic carbocycles. The minimum absolute atomic E-state index is 0.0297. The first-order valence-corrected chi connectivity index (χ1v) is 12.9. The van der Waals surface area contributed by atoms with E-state index in [0.717, 1.165) is 17.5 Å². The number of hydrogen-bond donors (Lipinski definition) is 2. The van der Waals surface area contributed by atoms with E-state index in [1.54, 1.807) is 12.1 Å². The van der Waals surface area contributed by atoms with Crippen LogP contribution in [0.1, 0.15) is 51.1 Å². The summed E-state index contributed by atoms with van der Waals surface area (Å²) in [5.41, 5.74) is 3.16. The molecule has 0 saturated heterocycles. The normalized spacial score (nSPS) is 11.9. The molecule has 8 heteroatoms. The standard InChI is InChI=1S/C26H33N3O4S/c1-6-7-22-27-24(29-34(31,32)21-14-12-20(13-15-21)26(3,4)5)23(25(28-22)33-17-16-30)19-10-8-18(2)9-11-19/h8-15,30H,6-7,16-17H2,1-5H3,(H,27,28,29). The molecule has 0 aliphatic carbocycles. The Labute approximate surface area is 202 Å².